The lowest BCUT2D eigenvalue weighted by Gasteiger charge is -2.22. The molecule has 1 aromatic rings. The predicted octanol–water partition coefficient (Wildman–Crippen LogP) is 2.23. The Hall–Kier alpha value is -2.04. The van der Waals surface area contributed by atoms with Crippen LogP contribution in [0.1, 0.15) is 32.8 Å². The zero-order valence-electron chi connectivity index (χ0n) is 11.9. The highest BCUT2D eigenvalue weighted by molar-refractivity contribution is 6.05. The van der Waals surface area contributed by atoms with Gasteiger partial charge in [-0.2, -0.15) is 0 Å². The number of amides is 1. The number of esters is 1. The standard InChI is InChI=1S/C15H19NO4/c1-15(2,3)20-14(19)11-7-5-9-4-6-10(17)8-12(9)16-13(11)18/h4,6,8,11,17H,5,7H2,1-3H3,(H,16,18). The van der Waals surface area contributed by atoms with Gasteiger partial charge in [-0.15, -0.1) is 0 Å². The first-order valence-electron chi connectivity index (χ1n) is 6.62. The smallest absolute Gasteiger partial charge is 0.319 e. The molecule has 2 N–H and O–H groups in total. The van der Waals surface area contributed by atoms with Gasteiger partial charge in [0.2, 0.25) is 5.91 Å². The lowest BCUT2D eigenvalue weighted by Crippen LogP contribution is -2.35. The molecule has 0 aromatic heterocycles. The number of rotatable bonds is 1. The highest BCUT2D eigenvalue weighted by Gasteiger charge is 2.33. The maximum absolute atomic E-state index is 12.1. The summed E-state index contributed by atoms with van der Waals surface area (Å²) in [5, 5.41) is 12.1. The molecule has 2 rings (SSSR count). The van der Waals surface area contributed by atoms with Crippen LogP contribution in [0.5, 0.6) is 5.75 Å². The van der Waals surface area contributed by atoms with Crippen molar-refractivity contribution in [1.29, 1.82) is 0 Å². The van der Waals surface area contributed by atoms with E-state index in [9.17, 15) is 14.7 Å². The lowest BCUT2D eigenvalue weighted by molar-refractivity contribution is -0.161. The van der Waals surface area contributed by atoms with E-state index in [1.165, 1.54) is 6.07 Å². The van der Waals surface area contributed by atoms with Crippen molar-refractivity contribution < 1.29 is 19.4 Å². The molecule has 5 nitrogen and oxygen atoms in total. The quantitative estimate of drug-likeness (QED) is 0.609. The number of aryl methyl sites for hydroxylation is 1. The molecule has 20 heavy (non-hydrogen) atoms. The first-order valence-corrected chi connectivity index (χ1v) is 6.62. The molecule has 1 heterocycles. The number of ether oxygens (including phenoxy) is 1. The fourth-order valence-corrected chi connectivity index (χ4v) is 2.15. The number of carbonyl (C=O) groups excluding carboxylic acids is 2. The summed E-state index contributed by atoms with van der Waals surface area (Å²) >= 11 is 0. The lowest BCUT2D eigenvalue weighted by atomic mass is 10.00. The molecule has 0 radical (unpaired) electrons. The maximum Gasteiger partial charge on any atom is 0.319 e. The highest BCUT2D eigenvalue weighted by atomic mass is 16.6. The topological polar surface area (TPSA) is 75.6 Å². The van der Waals surface area contributed by atoms with E-state index in [4.69, 9.17) is 4.74 Å². The van der Waals surface area contributed by atoms with Gasteiger partial charge >= 0.3 is 5.97 Å². The van der Waals surface area contributed by atoms with Crippen LogP contribution in [-0.4, -0.2) is 22.6 Å². The molecule has 0 saturated heterocycles. The monoisotopic (exact) mass is 277 g/mol. The number of nitrogens with one attached hydrogen (secondary N) is 1. The third-order valence-corrected chi connectivity index (χ3v) is 3.06. The Morgan fingerprint density at radius 3 is 2.75 bits per heavy atom. The number of fused-ring (bicyclic) bond motifs is 1. The van der Waals surface area contributed by atoms with Crippen molar-refractivity contribution in [2.24, 2.45) is 5.92 Å². The third-order valence-electron chi connectivity index (χ3n) is 3.06. The van der Waals surface area contributed by atoms with Crippen LogP contribution in [0.15, 0.2) is 18.2 Å². The van der Waals surface area contributed by atoms with Gasteiger partial charge in [0.15, 0.2) is 0 Å². The van der Waals surface area contributed by atoms with Crippen molar-refractivity contribution >= 4 is 17.6 Å². The molecule has 1 amide bonds. The fourth-order valence-electron chi connectivity index (χ4n) is 2.15. The molecule has 1 aliphatic rings. The Balaban J connectivity index is 2.18. The van der Waals surface area contributed by atoms with E-state index < -0.39 is 17.5 Å². The van der Waals surface area contributed by atoms with E-state index in [0.29, 0.717) is 18.5 Å². The minimum Gasteiger partial charge on any atom is -0.508 e. The molecule has 1 unspecified atom stereocenters. The van der Waals surface area contributed by atoms with Gasteiger partial charge in [-0.1, -0.05) is 6.07 Å². The van der Waals surface area contributed by atoms with Gasteiger partial charge in [0.25, 0.3) is 0 Å². The number of aromatic hydroxyl groups is 1. The predicted molar refractivity (Wildman–Crippen MR) is 74.4 cm³/mol. The van der Waals surface area contributed by atoms with Crippen molar-refractivity contribution in [3.63, 3.8) is 0 Å². The SMILES string of the molecule is CC(C)(C)OC(=O)C1CCc2ccc(O)cc2NC1=O. The minimum atomic E-state index is -0.816. The number of hydrogen-bond donors (Lipinski definition) is 2. The van der Waals surface area contributed by atoms with Crippen LogP contribution in [0.2, 0.25) is 0 Å². The van der Waals surface area contributed by atoms with Crippen LogP contribution in [-0.2, 0) is 20.7 Å². The number of benzene rings is 1. The third kappa shape index (κ3) is 3.29. The second kappa shape index (κ2) is 5.15. The molecular weight excluding hydrogens is 258 g/mol. The van der Waals surface area contributed by atoms with E-state index in [-0.39, 0.29) is 11.7 Å². The van der Waals surface area contributed by atoms with Gasteiger partial charge < -0.3 is 15.2 Å². The van der Waals surface area contributed by atoms with Crippen LogP contribution in [0.25, 0.3) is 0 Å². The van der Waals surface area contributed by atoms with Gasteiger partial charge in [-0.3, -0.25) is 9.59 Å². The molecule has 1 atom stereocenters. The second-order valence-corrected chi connectivity index (χ2v) is 5.96. The number of carbonyl (C=O) groups is 2. The molecule has 0 spiro atoms. The van der Waals surface area contributed by atoms with E-state index in [2.05, 4.69) is 5.32 Å². The minimum absolute atomic E-state index is 0.0831. The molecule has 0 aliphatic carbocycles. The van der Waals surface area contributed by atoms with E-state index in [0.717, 1.165) is 5.56 Å². The highest BCUT2D eigenvalue weighted by Crippen LogP contribution is 2.28. The Morgan fingerprint density at radius 1 is 1.40 bits per heavy atom. The summed E-state index contributed by atoms with van der Waals surface area (Å²) < 4.78 is 5.28. The molecular formula is C15H19NO4. The number of anilines is 1. The van der Waals surface area contributed by atoms with Crippen LogP contribution < -0.4 is 5.32 Å². The maximum atomic E-state index is 12.1. The van der Waals surface area contributed by atoms with Crippen LogP contribution in [0, 0.1) is 5.92 Å². The molecule has 0 saturated carbocycles. The molecule has 0 bridgehead atoms. The van der Waals surface area contributed by atoms with Gasteiger partial charge in [0, 0.05) is 11.8 Å². The van der Waals surface area contributed by atoms with Crippen LogP contribution in [0.4, 0.5) is 5.69 Å². The van der Waals surface area contributed by atoms with Crippen molar-refractivity contribution in [2.75, 3.05) is 5.32 Å². The van der Waals surface area contributed by atoms with Gasteiger partial charge in [0.1, 0.15) is 17.3 Å². The van der Waals surface area contributed by atoms with E-state index >= 15 is 0 Å². The Bertz CT molecular complexity index is 545. The van der Waals surface area contributed by atoms with Gasteiger partial charge in [-0.25, -0.2) is 0 Å². The zero-order chi connectivity index (χ0) is 14.9. The molecule has 1 aliphatic heterocycles. The molecule has 5 heteroatoms. The Morgan fingerprint density at radius 2 is 2.10 bits per heavy atom. The van der Waals surface area contributed by atoms with Crippen molar-refractivity contribution in [1.82, 2.24) is 0 Å². The summed E-state index contributed by atoms with van der Waals surface area (Å²) in [4.78, 5) is 24.2. The number of phenols is 1. The average Bonchev–Trinajstić information content (AvgIpc) is 2.44. The summed E-state index contributed by atoms with van der Waals surface area (Å²) in [6, 6.07) is 4.81. The average molecular weight is 277 g/mol. The largest absolute Gasteiger partial charge is 0.508 e. The summed E-state index contributed by atoms with van der Waals surface area (Å²) in [5.74, 6) is -1.63. The summed E-state index contributed by atoms with van der Waals surface area (Å²) in [6.45, 7) is 5.31. The van der Waals surface area contributed by atoms with Crippen molar-refractivity contribution in [2.45, 2.75) is 39.2 Å². The van der Waals surface area contributed by atoms with E-state index in [1.807, 2.05) is 0 Å². The first-order chi connectivity index (χ1) is 9.26. The first kappa shape index (κ1) is 14.4. The fraction of sp³-hybridized carbons (Fsp3) is 0.467. The van der Waals surface area contributed by atoms with Crippen molar-refractivity contribution in [3.8, 4) is 5.75 Å². The van der Waals surface area contributed by atoms with Crippen LogP contribution in [0.3, 0.4) is 0 Å². The Kier molecular flexibility index (Phi) is 3.70. The second-order valence-electron chi connectivity index (χ2n) is 5.96. The van der Waals surface area contributed by atoms with E-state index in [1.54, 1.807) is 32.9 Å². The molecule has 1 aromatic carbocycles. The number of hydrogen-bond acceptors (Lipinski definition) is 4. The number of phenolic OH excluding ortho intramolecular Hbond substituents is 1. The zero-order valence-corrected chi connectivity index (χ0v) is 11.9. The van der Waals surface area contributed by atoms with Crippen molar-refractivity contribution in [3.05, 3.63) is 23.8 Å². The van der Waals surface area contributed by atoms with Gasteiger partial charge in [0.05, 0.1) is 0 Å². The summed E-state index contributed by atoms with van der Waals surface area (Å²) in [5.41, 5.74) is 0.845. The Labute approximate surface area is 117 Å². The molecule has 0 fully saturated rings. The summed E-state index contributed by atoms with van der Waals surface area (Å²) in [7, 11) is 0. The normalized spacial score (nSPS) is 18.8. The summed E-state index contributed by atoms with van der Waals surface area (Å²) in [6.07, 6.45) is 0.983. The van der Waals surface area contributed by atoms with Gasteiger partial charge in [-0.05, 0) is 45.2 Å². The van der Waals surface area contributed by atoms with Crippen LogP contribution >= 0.6 is 0 Å². The molecule has 108 valence electrons.